The van der Waals surface area contributed by atoms with Crippen LogP contribution in [-0.2, 0) is 4.79 Å². The first-order valence-corrected chi connectivity index (χ1v) is 7.19. The second-order valence-corrected chi connectivity index (χ2v) is 5.71. The Bertz CT molecular complexity index is 497. The van der Waals surface area contributed by atoms with E-state index in [1.807, 2.05) is 49.9 Å². The van der Waals surface area contributed by atoms with E-state index >= 15 is 0 Å². The zero-order valence-corrected chi connectivity index (χ0v) is 13.3. The van der Waals surface area contributed by atoms with Gasteiger partial charge in [0.15, 0.2) is 0 Å². The summed E-state index contributed by atoms with van der Waals surface area (Å²) in [7, 11) is 0. The predicted molar refractivity (Wildman–Crippen MR) is 86.0 cm³/mol. The van der Waals surface area contributed by atoms with E-state index in [-0.39, 0.29) is 6.10 Å². The van der Waals surface area contributed by atoms with Gasteiger partial charge >= 0.3 is 5.97 Å². The minimum atomic E-state index is -0.802. The zero-order valence-electron chi connectivity index (χ0n) is 13.3. The fourth-order valence-corrected chi connectivity index (χ4v) is 2.05. The van der Waals surface area contributed by atoms with Crippen molar-refractivity contribution in [2.45, 2.75) is 33.8 Å². The molecule has 4 heteroatoms. The molecular formula is C17H25NO3. The first kappa shape index (κ1) is 17.1. The van der Waals surface area contributed by atoms with Gasteiger partial charge in [-0.05, 0) is 32.9 Å². The van der Waals surface area contributed by atoms with Crippen LogP contribution in [0.5, 0.6) is 5.75 Å². The Hall–Kier alpha value is -1.97. The Balaban J connectivity index is 3.07. The third-order valence-electron chi connectivity index (χ3n) is 2.95. The van der Waals surface area contributed by atoms with Crippen LogP contribution in [0.15, 0.2) is 36.4 Å². The van der Waals surface area contributed by atoms with Crippen LogP contribution in [0.2, 0.25) is 0 Å². The summed E-state index contributed by atoms with van der Waals surface area (Å²) in [5, 5.41) is 9.15. The number of anilines is 1. The van der Waals surface area contributed by atoms with Crippen molar-refractivity contribution in [2.75, 3.05) is 18.0 Å². The van der Waals surface area contributed by atoms with Crippen molar-refractivity contribution in [3.8, 4) is 5.75 Å². The summed E-state index contributed by atoms with van der Waals surface area (Å²) in [5.74, 6) is -0.494. The number of aliphatic carboxylic acids is 1. The van der Waals surface area contributed by atoms with E-state index in [2.05, 4.69) is 6.58 Å². The molecule has 0 bridgehead atoms. The topological polar surface area (TPSA) is 49.8 Å². The minimum absolute atomic E-state index is 0.0646. The number of carboxylic acids is 1. The molecule has 0 aliphatic rings. The number of carboxylic acid groups (broad SMARTS) is 1. The highest BCUT2D eigenvalue weighted by atomic mass is 16.5. The van der Waals surface area contributed by atoms with E-state index in [0.717, 1.165) is 17.0 Å². The summed E-state index contributed by atoms with van der Waals surface area (Å²) < 4.78 is 5.83. The Labute approximate surface area is 127 Å². The predicted octanol–water partition coefficient (Wildman–Crippen LogP) is 3.58. The third-order valence-corrected chi connectivity index (χ3v) is 2.95. The molecule has 0 aliphatic carbocycles. The standard InChI is InChI=1S/C17H25NO3/c1-12(2)10-18(11-14(5)17(19)20)15-8-6-7-9-16(15)21-13(3)4/h6-9,13-14H,1,10-11H2,2-5H3,(H,19,20). The lowest BCUT2D eigenvalue weighted by Gasteiger charge is -2.29. The molecule has 1 aromatic carbocycles. The molecule has 0 heterocycles. The van der Waals surface area contributed by atoms with Gasteiger partial charge in [-0.1, -0.05) is 31.2 Å². The second kappa shape index (κ2) is 7.72. The Morgan fingerprint density at radius 2 is 1.95 bits per heavy atom. The van der Waals surface area contributed by atoms with Gasteiger partial charge in [0.2, 0.25) is 0 Å². The molecule has 0 aliphatic heterocycles. The highest BCUT2D eigenvalue weighted by Crippen LogP contribution is 2.30. The number of para-hydroxylation sites is 2. The Morgan fingerprint density at radius 1 is 1.33 bits per heavy atom. The molecule has 1 rings (SSSR count). The normalized spacial score (nSPS) is 12.0. The van der Waals surface area contributed by atoms with Crippen LogP contribution < -0.4 is 9.64 Å². The van der Waals surface area contributed by atoms with Gasteiger partial charge in [-0.2, -0.15) is 0 Å². The van der Waals surface area contributed by atoms with Gasteiger partial charge in [0, 0.05) is 13.1 Å². The van der Waals surface area contributed by atoms with E-state index in [4.69, 9.17) is 9.84 Å². The fraction of sp³-hybridized carbons (Fsp3) is 0.471. The van der Waals surface area contributed by atoms with Gasteiger partial charge in [0.25, 0.3) is 0 Å². The van der Waals surface area contributed by atoms with E-state index in [1.54, 1.807) is 6.92 Å². The maximum Gasteiger partial charge on any atom is 0.308 e. The smallest absolute Gasteiger partial charge is 0.308 e. The Morgan fingerprint density at radius 3 is 2.48 bits per heavy atom. The van der Waals surface area contributed by atoms with Crippen molar-refractivity contribution >= 4 is 11.7 Å². The molecule has 0 saturated carbocycles. The third kappa shape index (κ3) is 5.50. The molecule has 0 fully saturated rings. The van der Waals surface area contributed by atoms with Gasteiger partial charge < -0.3 is 14.7 Å². The van der Waals surface area contributed by atoms with E-state index in [9.17, 15) is 4.79 Å². The summed E-state index contributed by atoms with van der Waals surface area (Å²) in [6.07, 6.45) is 0.0646. The highest BCUT2D eigenvalue weighted by Gasteiger charge is 2.19. The second-order valence-electron chi connectivity index (χ2n) is 5.71. The molecular weight excluding hydrogens is 266 g/mol. The number of nitrogens with zero attached hydrogens (tertiary/aromatic N) is 1. The van der Waals surface area contributed by atoms with Crippen molar-refractivity contribution in [2.24, 2.45) is 5.92 Å². The molecule has 1 aromatic rings. The van der Waals surface area contributed by atoms with Crippen molar-refractivity contribution in [1.82, 2.24) is 0 Å². The van der Waals surface area contributed by atoms with Crippen molar-refractivity contribution in [3.63, 3.8) is 0 Å². The lowest BCUT2D eigenvalue weighted by Crippen LogP contribution is -2.33. The quantitative estimate of drug-likeness (QED) is 0.744. The van der Waals surface area contributed by atoms with Gasteiger partial charge in [-0.15, -0.1) is 0 Å². The van der Waals surface area contributed by atoms with Crippen LogP contribution in [-0.4, -0.2) is 30.3 Å². The van der Waals surface area contributed by atoms with Crippen LogP contribution in [0, 0.1) is 5.92 Å². The molecule has 0 aromatic heterocycles. The van der Waals surface area contributed by atoms with Gasteiger partial charge in [0.05, 0.1) is 17.7 Å². The number of ether oxygens (including phenoxy) is 1. The van der Waals surface area contributed by atoms with Crippen LogP contribution in [0.1, 0.15) is 27.7 Å². The number of benzene rings is 1. The first-order chi connectivity index (χ1) is 9.81. The average molecular weight is 291 g/mol. The average Bonchev–Trinajstić information content (AvgIpc) is 2.37. The van der Waals surface area contributed by atoms with Crippen LogP contribution in [0.3, 0.4) is 0 Å². The molecule has 4 nitrogen and oxygen atoms in total. The van der Waals surface area contributed by atoms with Crippen molar-refractivity contribution in [1.29, 1.82) is 0 Å². The molecule has 0 amide bonds. The lowest BCUT2D eigenvalue weighted by molar-refractivity contribution is -0.140. The maximum absolute atomic E-state index is 11.1. The lowest BCUT2D eigenvalue weighted by atomic mass is 10.1. The number of hydrogen-bond acceptors (Lipinski definition) is 3. The van der Waals surface area contributed by atoms with E-state index in [0.29, 0.717) is 13.1 Å². The first-order valence-electron chi connectivity index (χ1n) is 7.19. The maximum atomic E-state index is 11.1. The largest absolute Gasteiger partial charge is 0.489 e. The van der Waals surface area contributed by atoms with E-state index in [1.165, 1.54) is 0 Å². The molecule has 21 heavy (non-hydrogen) atoms. The van der Waals surface area contributed by atoms with Gasteiger partial charge in [-0.25, -0.2) is 0 Å². The summed E-state index contributed by atoms with van der Waals surface area (Å²) in [5.41, 5.74) is 1.88. The van der Waals surface area contributed by atoms with Crippen molar-refractivity contribution < 1.29 is 14.6 Å². The zero-order chi connectivity index (χ0) is 16.0. The number of hydrogen-bond donors (Lipinski definition) is 1. The van der Waals surface area contributed by atoms with Crippen LogP contribution in [0.4, 0.5) is 5.69 Å². The number of carbonyl (C=O) groups is 1. The van der Waals surface area contributed by atoms with E-state index < -0.39 is 11.9 Å². The summed E-state index contributed by atoms with van der Waals surface area (Å²) in [4.78, 5) is 13.1. The van der Waals surface area contributed by atoms with Gasteiger partial charge in [0.1, 0.15) is 5.75 Å². The van der Waals surface area contributed by atoms with Crippen molar-refractivity contribution in [3.05, 3.63) is 36.4 Å². The Kier molecular flexibility index (Phi) is 6.28. The monoisotopic (exact) mass is 291 g/mol. The van der Waals surface area contributed by atoms with Crippen LogP contribution >= 0.6 is 0 Å². The summed E-state index contributed by atoms with van der Waals surface area (Å²) >= 11 is 0. The van der Waals surface area contributed by atoms with Crippen LogP contribution in [0.25, 0.3) is 0 Å². The number of rotatable bonds is 8. The SMILES string of the molecule is C=C(C)CN(CC(C)C(=O)O)c1ccccc1OC(C)C. The molecule has 1 N–H and O–H groups in total. The molecule has 0 radical (unpaired) electrons. The molecule has 0 spiro atoms. The minimum Gasteiger partial charge on any atom is -0.489 e. The molecule has 0 saturated heterocycles. The summed E-state index contributed by atoms with van der Waals surface area (Å²) in [6.45, 7) is 12.5. The fourth-order valence-electron chi connectivity index (χ4n) is 2.05. The highest BCUT2D eigenvalue weighted by molar-refractivity contribution is 5.71. The summed E-state index contributed by atoms with van der Waals surface area (Å²) in [6, 6.07) is 7.71. The molecule has 116 valence electrons. The van der Waals surface area contributed by atoms with Gasteiger partial charge in [-0.3, -0.25) is 4.79 Å². The molecule has 1 unspecified atom stereocenters. The molecule has 1 atom stereocenters.